The van der Waals surface area contributed by atoms with Crippen molar-refractivity contribution >= 4 is 31.9 Å². The van der Waals surface area contributed by atoms with Gasteiger partial charge in [0, 0.05) is 11.0 Å². The van der Waals surface area contributed by atoms with Gasteiger partial charge in [0.15, 0.2) is 0 Å². The molecule has 0 spiro atoms. The van der Waals surface area contributed by atoms with E-state index in [0.29, 0.717) is 17.3 Å². The summed E-state index contributed by atoms with van der Waals surface area (Å²) in [6.45, 7) is 0.256. The summed E-state index contributed by atoms with van der Waals surface area (Å²) >= 11 is 3.22. The fourth-order valence-corrected chi connectivity index (χ4v) is 4.45. The van der Waals surface area contributed by atoms with Gasteiger partial charge in [-0.2, -0.15) is 4.31 Å². The van der Waals surface area contributed by atoms with E-state index < -0.39 is 22.0 Å². The first-order valence-corrected chi connectivity index (χ1v) is 8.16. The number of hydrogen-bond acceptors (Lipinski definition) is 3. The van der Waals surface area contributed by atoms with Gasteiger partial charge in [0.05, 0.1) is 4.90 Å². The van der Waals surface area contributed by atoms with Crippen LogP contribution in [0.2, 0.25) is 0 Å². The molecule has 0 unspecified atom stereocenters. The summed E-state index contributed by atoms with van der Waals surface area (Å²) in [5.41, 5.74) is 0. The third-order valence-electron chi connectivity index (χ3n) is 3.14. The van der Waals surface area contributed by atoms with Gasteiger partial charge in [0.2, 0.25) is 10.0 Å². The molecule has 1 aliphatic rings. The maximum Gasteiger partial charge on any atom is 0.322 e. The number of halogens is 1. The number of carboxylic acid groups (broad SMARTS) is 1. The molecule has 104 valence electrons. The Bertz CT molecular complexity index is 587. The Kier molecular flexibility index (Phi) is 4.27. The number of sulfonamides is 1. The molecular weight excluding hydrogens is 334 g/mol. The maximum absolute atomic E-state index is 12.5. The van der Waals surface area contributed by atoms with Crippen molar-refractivity contribution in [2.45, 2.75) is 30.2 Å². The third kappa shape index (κ3) is 2.98. The highest BCUT2D eigenvalue weighted by atomic mass is 79.9. The molecule has 0 aromatic heterocycles. The molecule has 0 amide bonds. The average molecular weight is 348 g/mol. The van der Waals surface area contributed by atoms with Crippen LogP contribution >= 0.6 is 15.9 Å². The molecule has 7 heteroatoms. The number of carboxylic acids is 1. The summed E-state index contributed by atoms with van der Waals surface area (Å²) < 4.78 is 26.7. The van der Waals surface area contributed by atoms with Gasteiger partial charge in [0.1, 0.15) is 6.04 Å². The summed E-state index contributed by atoms with van der Waals surface area (Å²) in [5.74, 6) is -1.08. The Morgan fingerprint density at radius 2 is 2.11 bits per heavy atom. The van der Waals surface area contributed by atoms with E-state index in [0.717, 1.165) is 10.7 Å². The topological polar surface area (TPSA) is 74.7 Å². The molecule has 1 heterocycles. The molecule has 2 rings (SSSR count). The SMILES string of the molecule is O=C(O)[C@@H]1CCCCN1S(=O)(=O)c1cccc(Br)c1. The minimum Gasteiger partial charge on any atom is -0.480 e. The number of benzene rings is 1. The fourth-order valence-electron chi connectivity index (χ4n) is 2.20. The second kappa shape index (κ2) is 5.60. The van der Waals surface area contributed by atoms with Crippen LogP contribution in [-0.4, -0.2) is 36.4 Å². The van der Waals surface area contributed by atoms with E-state index in [9.17, 15) is 13.2 Å². The monoisotopic (exact) mass is 347 g/mol. The van der Waals surface area contributed by atoms with Gasteiger partial charge in [-0.25, -0.2) is 8.42 Å². The van der Waals surface area contributed by atoms with Crippen LogP contribution in [0.25, 0.3) is 0 Å². The van der Waals surface area contributed by atoms with Crippen molar-refractivity contribution in [2.75, 3.05) is 6.54 Å². The highest BCUT2D eigenvalue weighted by Gasteiger charge is 2.37. The number of aliphatic carboxylic acids is 1. The van der Waals surface area contributed by atoms with E-state index in [2.05, 4.69) is 15.9 Å². The Hall–Kier alpha value is -0.920. The molecule has 0 aliphatic carbocycles. The van der Waals surface area contributed by atoms with Gasteiger partial charge in [-0.1, -0.05) is 22.0 Å². The predicted octanol–water partition coefficient (Wildman–Crippen LogP) is 2.08. The Balaban J connectivity index is 2.40. The molecule has 1 saturated heterocycles. The predicted molar refractivity (Wildman–Crippen MR) is 73.3 cm³/mol. The van der Waals surface area contributed by atoms with E-state index in [1.165, 1.54) is 12.1 Å². The first-order chi connectivity index (χ1) is 8.93. The molecule has 1 aliphatic heterocycles. The summed E-state index contributed by atoms with van der Waals surface area (Å²) in [4.78, 5) is 11.3. The van der Waals surface area contributed by atoms with Gasteiger partial charge < -0.3 is 5.11 Å². The average Bonchev–Trinajstić information content (AvgIpc) is 2.38. The van der Waals surface area contributed by atoms with Gasteiger partial charge in [0.25, 0.3) is 0 Å². The van der Waals surface area contributed by atoms with Crippen LogP contribution in [0.3, 0.4) is 0 Å². The van der Waals surface area contributed by atoms with Gasteiger partial charge >= 0.3 is 5.97 Å². The first-order valence-electron chi connectivity index (χ1n) is 5.93. The lowest BCUT2D eigenvalue weighted by Gasteiger charge is -2.31. The Morgan fingerprint density at radius 1 is 1.37 bits per heavy atom. The van der Waals surface area contributed by atoms with E-state index in [1.807, 2.05) is 0 Å². The van der Waals surface area contributed by atoms with Crippen LogP contribution in [0, 0.1) is 0 Å². The van der Waals surface area contributed by atoms with Gasteiger partial charge in [-0.05, 0) is 37.5 Å². The fraction of sp³-hybridized carbons (Fsp3) is 0.417. The Labute approximate surface area is 120 Å². The number of nitrogens with zero attached hydrogens (tertiary/aromatic N) is 1. The van der Waals surface area contributed by atoms with Crippen LogP contribution in [0.4, 0.5) is 0 Å². The summed E-state index contributed by atoms with van der Waals surface area (Å²) in [6, 6.07) is 5.36. The number of hydrogen-bond donors (Lipinski definition) is 1. The van der Waals surface area contributed by atoms with Crippen molar-refractivity contribution < 1.29 is 18.3 Å². The zero-order valence-corrected chi connectivity index (χ0v) is 12.5. The molecule has 0 bridgehead atoms. The van der Waals surface area contributed by atoms with Crippen LogP contribution in [0.15, 0.2) is 33.6 Å². The summed E-state index contributed by atoms with van der Waals surface area (Å²) in [6.07, 6.45) is 1.79. The molecule has 1 aromatic carbocycles. The van der Waals surface area contributed by atoms with Crippen molar-refractivity contribution in [3.63, 3.8) is 0 Å². The molecule has 1 fully saturated rings. The summed E-state index contributed by atoms with van der Waals surface area (Å²) in [5, 5.41) is 9.16. The number of rotatable bonds is 3. The molecule has 19 heavy (non-hydrogen) atoms. The first kappa shape index (κ1) is 14.5. The molecule has 1 atom stereocenters. The minimum atomic E-state index is -3.76. The maximum atomic E-state index is 12.5. The lowest BCUT2D eigenvalue weighted by atomic mass is 10.1. The van der Waals surface area contributed by atoms with Crippen molar-refractivity contribution in [3.05, 3.63) is 28.7 Å². The van der Waals surface area contributed by atoms with Crippen LogP contribution < -0.4 is 0 Å². The van der Waals surface area contributed by atoms with Gasteiger partial charge in [-0.15, -0.1) is 0 Å². The number of carbonyl (C=O) groups is 1. The molecule has 1 aromatic rings. The normalized spacial score (nSPS) is 21.2. The van der Waals surface area contributed by atoms with Crippen LogP contribution in [0.5, 0.6) is 0 Å². The third-order valence-corrected chi connectivity index (χ3v) is 5.54. The van der Waals surface area contributed by atoms with Crippen molar-refractivity contribution in [1.29, 1.82) is 0 Å². The highest BCUT2D eigenvalue weighted by molar-refractivity contribution is 9.10. The van der Waals surface area contributed by atoms with E-state index >= 15 is 0 Å². The quantitative estimate of drug-likeness (QED) is 0.908. The van der Waals surface area contributed by atoms with E-state index in [4.69, 9.17) is 5.11 Å². The second-order valence-corrected chi connectivity index (χ2v) is 7.23. The molecule has 5 nitrogen and oxygen atoms in total. The second-order valence-electron chi connectivity index (χ2n) is 4.42. The lowest BCUT2D eigenvalue weighted by molar-refractivity contribution is -0.142. The van der Waals surface area contributed by atoms with E-state index in [1.54, 1.807) is 12.1 Å². The number of piperidine rings is 1. The molecule has 0 saturated carbocycles. The smallest absolute Gasteiger partial charge is 0.322 e. The van der Waals surface area contributed by atoms with Gasteiger partial charge in [-0.3, -0.25) is 4.79 Å². The zero-order valence-electron chi connectivity index (χ0n) is 10.1. The molecular formula is C12H14BrNO4S. The minimum absolute atomic E-state index is 0.120. The standard InChI is InChI=1S/C12H14BrNO4S/c13-9-4-3-5-10(8-9)19(17,18)14-7-2-1-6-11(14)12(15)16/h3-5,8,11H,1-2,6-7H2,(H,15,16)/t11-/m0/s1. The highest BCUT2D eigenvalue weighted by Crippen LogP contribution is 2.26. The summed E-state index contributed by atoms with van der Waals surface area (Å²) in [7, 11) is -3.76. The zero-order chi connectivity index (χ0) is 14.0. The molecule has 0 radical (unpaired) electrons. The van der Waals surface area contributed by atoms with Crippen molar-refractivity contribution in [2.24, 2.45) is 0 Å². The van der Waals surface area contributed by atoms with E-state index in [-0.39, 0.29) is 11.4 Å². The van der Waals surface area contributed by atoms with Crippen LogP contribution in [-0.2, 0) is 14.8 Å². The Morgan fingerprint density at radius 3 is 2.74 bits per heavy atom. The lowest BCUT2D eigenvalue weighted by Crippen LogP contribution is -2.47. The van der Waals surface area contributed by atoms with Crippen LogP contribution in [0.1, 0.15) is 19.3 Å². The molecule has 1 N–H and O–H groups in total. The van der Waals surface area contributed by atoms with Crippen molar-refractivity contribution in [1.82, 2.24) is 4.31 Å². The largest absolute Gasteiger partial charge is 0.480 e. The van der Waals surface area contributed by atoms with Crippen molar-refractivity contribution in [3.8, 4) is 0 Å².